The molecule has 31 heavy (non-hydrogen) atoms. The highest BCUT2D eigenvalue weighted by molar-refractivity contribution is 6.09. The number of nitrogens with one attached hydrogen (secondary N) is 1. The van der Waals surface area contributed by atoms with Crippen molar-refractivity contribution in [2.24, 2.45) is 5.92 Å². The molecule has 2 aliphatic carbocycles. The molecule has 6 nitrogen and oxygen atoms in total. The Morgan fingerprint density at radius 1 is 1.13 bits per heavy atom. The maximum atomic E-state index is 13.4. The fraction of sp³-hybridized carbons (Fsp3) is 0.400. The molecular formula is C25H27N3O3. The lowest BCUT2D eigenvalue weighted by atomic mass is 9.92. The Morgan fingerprint density at radius 2 is 1.84 bits per heavy atom. The summed E-state index contributed by atoms with van der Waals surface area (Å²) in [7, 11) is 0. The number of fused-ring (bicyclic) bond motifs is 2. The third-order valence-corrected chi connectivity index (χ3v) is 7.03. The zero-order valence-electron chi connectivity index (χ0n) is 17.7. The number of imide groups is 1. The summed E-state index contributed by atoms with van der Waals surface area (Å²) in [4.78, 5) is 42.5. The number of carbonyl (C=O) groups excluding carboxylic acids is 3. The molecule has 160 valence electrons. The predicted octanol–water partition coefficient (Wildman–Crippen LogP) is 3.21. The van der Waals surface area contributed by atoms with Crippen LogP contribution in [0, 0.1) is 5.92 Å². The lowest BCUT2D eigenvalue weighted by Crippen LogP contribution is -2.47. The van der Waals surface area contributed by atoms with Crippen LogP contribution < -0.4 is 5.32 Å². The molecule has 0 unspecified atom stereocenters. The summed E-state index contributed by atoms with van der Waals surface area (Å²) in [6, 6.07) is 17.2. The Bertz CT molecular complexity index is 1030. The van der Waals surface area contributed by atoms with Gasteiger partial charge in [-0.3, -0.25) is 14.5 Å². The molecule has 1 saturated heterocycles. The highest BCUT2D eigenvalue weighted by atomic mass is 16.2. The van der Waals surface area contributed by atoms with Crippen LogP contribution >= 0.6 is 0 Å². The minimum atomic E-state index is -1.03. The molecule has 4 amide bonds. The van der Waals surface area contributed by atoms with Gasteiger partial charge in [-0.05, 0) is 55.2 Å². The summed E-state index contributed by atoms with van der Waals surface area (Å²) >= 11 is 0. The number of carbonyl (C=O) groups is 3. The molecule has 2 atom stereocenters. The fourth-order valence-electron chi connectivity index (χ4n) is 5.03. The lowest BCUT2D eigenvalue weighted by molar-refractivity contribution is -0.141. The van der Waals surface area contributed by atoms with Crippen molar-refractivity contribution < 1.29 is 14.4 Å². The van der Waals surface area contributed by atoms with Gasteiger partial charge in [-0.15, -0.1) is 0 Å². The van der Waals surface area contributed by atoms with E-state index in [4.69, 9.17) is 0 Å². The van der Waals surface area contributed by atoms with Gasteiger partial charge in [0, 0.05) is 12.6 Å². The molecule has 0 bridgehead atoms. The normalized spacial score (nSPS) is 23.1. The molecule has 1 saturated carbocycles. The highest BCUT2D eigenvalue weighted by Crippen LogP contribution is 2.41. The average molecular weight is 418 g/mol. The van der Waals surface area contributed by atoms with Crippen molar-refractivity contribution in [2.75, 3.05) is 6.54 Å². The van der Waals surface area contributed by atoms with E-state index in [2.05, 4.69) is 12.2 Å². The number of hydrogen-bond acceptors (Lipinski definition) is 3. The van der Waals surface area contributed by atoms with Crippen LogP contribution in [0.3, 0.4) is 0 Å². The van der Waals surface area contributed by atoms with Crippen molar-refractivity contribution in [3.05, 3.63) is 71.3 Å². The number of nitrogens with zero attached hydrogens (tertiary/aromatic N) is 2. The van der Waals surface area contributed by atoms with Gasteiger partial charge in [0.2, 0.25) is 5.91 Å². The number of urea groups is 1. The zero-order chi connectivity index (χ0) is 21.6. The first-order valence-corrected chi connectivity index (χ1v) is 11.1. The van der Waals surface area contributed by atoms with Crippen molar-refractivity contribution in [2.45, 2.75) is 50.7 Å². The number of hydrogen-bond donors (Lipinski definition) is 1. The minimum absolute atomic E-state index is 0.0784. The molecule has 3 aliphatic rings. The zero-order valence-corrected chi connectivity index (χ0v) is 17.7. The van der Waals surface area contributed by atoms with Crippen LogP contribution in [0.5, 0.6) is 0 Å². The van der Waals surface area contributed by atoms with Gasteiger partial charge in [-0.2, -0.15) is 0 Å². The van der Waals surface area contributed by atoms with E-state index in [1.54, 1.807) is 0 Å². The molecule has 2 aromatic carbocycles. The Morgan fingerprint density at radius 3 is 2.58 bits per heavy atom. The highest BCUT2D eigenvalue weighted by Gasteiger charge is 2.55. The van der Waals surface area contributed by atoms with Crippen LogP contribution in [0.2, 0.25) is 0 Å². The van der Waals surface area contributed by atoms with E-state index in [0.29, 0.717) is 18.9 Å². The number of aryl methyl sites for hydroxylation is 1. The van der Waals surface area contributed by atoms with Crippen LogP contribution in [0.4, 0.5) is 4.79 Å². The topological polar surface area (TPSA) is 69.7 Å². The second-order valence-corrected chi connectivity index (χ2v) is 8.97. The van der Waals surface area contributed by atoms with E-state index in [1.807, 2.05) is 59.5 Å². The minimum Gasteiger partial charge on any atom is -0.334 e. The van der Waals surface area contributed by atoms with E-state index in [0.717, 1.165) is 40.9 Å². The first-order chi connectivity index (χ1) is 15.0. The molecule has 5 rings (SSSR count). The predicted molar refractivity (Wildman–Crippen MR) is 116 cm³/mol. The van der Waals surface area contributed by atoms with E-state index in [-0.39, 0.29) is 24.4 Å². The Balaban J connectivity index is 1.37. The molecule has 1 N–H and O–H groups in total. The molecule has 6 heteroatoms. The quantitative estimate of drug-likeness (QED) is 0.734. The van der Waals surface area contributed by atoms with Crippen molar-refractivity contribution in [3.63, 3.8) is 0 Å². The van der Waals surface area contributed by atoms with Crippen molar-refractivity contribution in [3.8, 4) is 0 Å². The fourth-order valence-corrected chi connectivity index (χ4v) is 5.03. The molecule has 2 fully saturated rings. The van der Waals surface area contributed by atoms with E-state index < -0.39 is 11.6 Å². The monoisotopic (exact) mass is 417 g/mol. The van der Waals surface area contributed by atoms with Gasteiger partial charge < -0.3 is 10.2 Å². The molecular weight excluding hydrogens is 390 g/mol. The molecule has 1 spiro atoms. The Hall–Kier alpha value is -3.15. The number of benzene rings is 2. The van der Waals surface area contributed by atoms with Gasteiger partial charge in [0.25, 0.3) is 5.91 Å². The van der Waals surface area contributed by atoms with Crippen LogP contribution in [0.15, 0.2) is 54.6 Å². The molecule has 0 aromatic heterocycles. The van der Waals surface area contributed by atoms with E-state index in [1.165, 1.54) is 0 Å². The second kappa shape index (κ2) is 7.52. The number of amides is 4. The summed E-state index contributed by atoms with van der Waals surface area (Å²) in [5.74, 6) is -0.00607. The third-order valence-electron chi connectivity index (χ3n) is 7.03. The SMILES string of the molecule is C[C@H](C1CC1)N(Cc1ccccc1)C(=O)CN1C(=O)N[C@]2(CCc3ccccc32)C1=O. The standard InChI is InChI=1S/C25H27N3O3/c1-17(19-11-12-19)27(15-18-7-3-2-4-8-18)22(29)16-28-23(30)25(26-24(28)31)14-13-20-9-5-6-10-21(20)25/h2-10,17,19H,11-16H2,1H3,(H,26,31)/t17-,25+/m1/s1. The smallest absolute Gasteiger partial charge is 0.325 e. The maximum absolute atomic E-state index is 13.4. The third kappa shape index (κ3) is 3.40. The maximum Gasteiger partial charge on any atom is 0.325 e. The van der Waals surface area contributed by atoms with Gasteiger partial charge >= 0.3 is 6.03 Å². The summed E-state index contributed by atoms with van der Waals surface area (Å²) < 4.78 is 0. The summed E-state index contributed by atoms with van der Waals surface area (Å²) in [6.45, 7) is 2.33. The molecule has 0 radical (unpaired) electrons. The van der Waals surface area contributed by atoms with Gasteiger partial charge in [-0.25, -0.2) is 4.79 Å². The van der Waals surface area contributed by atoms with Crippen LogP contribution in [-0.4, -0.2) is 40.2 Å². The van der Waals surface area contributed by atoms with Crippen molar-refractivity contribution in [1.29, 1.82) is 0 Å². The largest absolute Gasteiger partial charge is 0.334 e. The Labute approximate surface area is 182 Å². The second-order valence-electron chi connectivity index (χ2n) is 8.97. The van der Waals surface area contributed by atoms with Gasteiger partial charge in [0.05, 0.1) is 0 Å². The van der Waals surface area contributed by atoms with Crippen molar-refractivity contribution in [1.82, 2.24) is 15.1 Å². The lowest BCUT2D eigenvalue weighted by Gasteiger charge is -2.31. The average Bonchev–Trinajstić information content (AvgIpc) is 3.54. The van der Waals surface area contributed by atoms with E-state index in [9.17, 15) is 14.4 Å². The van der Waals surface area contributed by atoms with Crippen molar-refractivity contribution >= 4 is 17.8 Å². The van der Waals surface area contributed by atoms with Crippen LogP contribution in [0.25, 0.3) is 0 Å². The molecule has 2 aromatic rings. The van der Waals surface area contributed by atoms with Gasteiger partial charge in [0.1, 0.15) is 12.1 Å². The summed E-state index contributed by atoms with van der Waals surface area (Å²) in [6.07, 6.45) is 3.50. The van der Waals surface area contributed by atoms with E-state index >= 15 is 0 Å². The molecule has 1 aliphatic heterocycles. The van der Waals surface area contributed by atoms with Gasteiger partial charge in [-0.1, -0.05) is 54.6 Å². The Kier molecular flexibility index (Phi) is 4.80. The number of rotatable bonds is 6. The molecule has 1 heterocycles. The summed E-state index contributed by atoms with van der Waals surface area (Å²) in [5.41, 5.74) is 1.95. The first-order valence-electron chi connectivity index (χ1n) is 11.1. The summed E-state index contributed by atoms with van der Waals surface area (Å²) in [5, 5.41) is 2.91. The van der Waals surface area contributed by atoms with Gasteiger partial charge in [0.15, 0.2) is 0 Å². The van der Waals surface area contributed by atoms with Crippen LogP contribution in [-0.2, 0) is 28.1 Å². The van der Waals surface area contributed by atoms with Crippen LogP contribution in [0.1, 0.15) is 42.9 Å². The first kappa shape index (κ1) is 19.8.